The molecule has 6 heteroatoms. The van der Waals surface area contributed by atoms with Crippen molar-refractivity contribution in [3.63, 3.8) is 0 Å². The highest BCUT2D eigenvalue weighted by Gasteiger charge is 2.34. The molecule has 0 radical (unpaired) electrons. The Morgan fingerprint density at radius 3 is 2.79 bits per heavy atom. The van der Waals surface area contributed by atoms with Crippen molar-refractivity contribution in [1.82, 2.24) is 4.98 Å². The second kappa shape index (κ2) is 6.73. The van der Waals surface area contributed by atoms with Gasteiger partial charge in [0.05, 0.1) is 23.6 Å². The van der Waals surface area contributed by atoms with Crippen LogP contribution in [0.4, 0.5) is 5.13 Å². The molecule has 1 aliphatic rings. The van der Waals surface area contributed by atoms with Gasteiger partial charge < -0.3 is 10.1 Å². The summed E-state index contributed by atoms with van der Waals surface area (Å²) in [7, 11) is 0. The van der Waals surface area contributed by atoms with Crippen molar-refractivity contribution < 1.29 is 14.3 Å². The first-order valence-corrected chi connectivity index (χ1v) is 8.75. The number of amides is 1. The van der Waals surface area contributed by atoms with Crippen molar-refractivity contribution in [1.29, 1.82) is 0 Å². The number of rotatable bonds is 5. The van der Waals surface area contributed by atoms with E-state index in [1.807, 2.05) is 30.3 Å². The van der Waals surface area contributed by atoms with E-state index in [1.54, 1.807) is 0 Å². The number of fused-ring (bicyclic) bond motifs is 1. The SMILES string of the molecule is CC1(C)CC(=O)c2sc(NC(=O)CCOc3ccccc3)nc2C1. The van der Waals surface area contributed by atoms with Crippen LogP contribution in [-0.4, -0.2) is 23.3 Å². The largest absolute Gasteiger partial charge is 0.493 e. The highest BCUT2D eigenvalue weighted by molar-refractivity contribution is 7.17. The van der Waals surface area contributed by atoms with Gasteiger partial charge in [-0.25, -0.2) is 4.98 Å². The molecule has 0 bridgehead atoms. The molecule has 0 fully saturated rings. The van der Waals surface area contributed by atoms with E-state index < -0.39 is 0 Å². The molecular formula is C18H20N2O3S. The number of thiazole rings is 1. The zero-order valence-corrected chi connectivity index (χ0v) is 14.6. The van der Waals surface area contributed by atoms with Gasteiger partial charge in [-0.05, 0) is 24.0 Å². The molecule has 0 aliphatic heterocycles. The van der Waals surface area contributed by atoms with E-state index in [0.717, 1.165) is 17.9 Å². The number of carbonyl (C=O) groups excluding carboxylic acids is 2. The summed E-state index contributed by atoms with van der Waals surface area (Å²) in [5.74, 6) is 0.693. The zero-order chi connectivity index (χ0) is 17.2. The van der Waals surface area contributed by atoms with Crippen molar-refractivity contribution in [3.8, 4) is 5.75 Å². The number of Topliss-reactive ketones (excluding diaryl/α,β-unsaturated/α-hetero) is 1. The fourth-order valence-corrected chi connectivity index (χ4v) is 3.67. The molecule has 1 heterocycles. The topological polar surface area (TPSA) is 68.3 Å². The van der Waals surface area contributed by atoms with Crippen LogP contribution in [0.2, 0.25) is 0 Å². The Labute approximate surface area is 145 Å². The molecule has 0 saturated carbocycles. The third kappa shape index (κ3) is 4.00. The number of ether oxygens (including phenoxy) is 1. The van der Waals surface area contributed by atoms with Crippen LogP contribution in [0.15, 0.2) is 30.3 Å². The van der Waals surface area contributed by atoms with Crippen LogP contribution in [0.25, 0.3) is 0 Å². The van der Waals surface area contributed by atoms with Gasteiger partial charge in [0, 0.05) is 6.42 Å². The number of ketones is 1. The number of anilines is 1. The molecular weight excluding hydrogens is 324 g/mol. The molecule has 0 spiro atoms. The summed E-state index contributed by atoms with van der Waals surface area (Å²) in [5, 5.41) is 3.27. The standard InChI is InChI=1S/C18H20N2O3S/c1-18(2)10-13-16(14(21)11-18)24-17(19-13)20-15(22)8-9-23-12-6-4-3-5-7-12/h3-7H,8-11H2,1-2H3,(H,19,20,22). The zero-order valence-electron chi connectivity index (χ0n) is 13.8. The Morgan fingerprint density at radius 2 is 2.04 bits per heavy atom. The summed E-state index contributed by atoms with van der Waals surface area (Å²) in [4.78, 5) is 29.3. The molecule has 1 aromatic carbocycles. The monoisotopic (exact) mass is 344 g/mol. The lowest BCUT2D eigenvalue weighted by Gasteiger charge is -2.26. The van der Waals surface area contributed by atoms with Crippen molar-refractivity contribution in [2.24, 2.45) is 5.41 Å². The quantitative estimate of drug-likeness (QED) is 0.898. The Morgan fingerprint density at radius 1 is 1.29 bits per heavy atom. The number of nitrogens with one attached hydrogen (secondary N) is 1. The molecule has 3 rings (SSSR count). The van der Waals surface area contributed by atoms with Crippen LogP contribution < -0.4 is 10.1 Å². The predicted octanol–water partition coefficient (Wildman–Crippen LogP) is 3.71. The van der Waals surface area contributed by atoms with Crippen LogP contribution in [0.5, 0.6) is 5.75 Å². The first-order chi connectivity index (χ1) is 11.4. The van der Waals surface area contributed by atoms with E-state index in [4.69, 9.17) is 4.74 Å². The Hall–Kier alpha value is -2.21. The van der Waals surface area contributed by atoms with Crippen LogP contribution in [0.1, 0.15) is 42.1 Å². The van der Waals surface area contributed by atoms with E-state index in [1.165, 1.54) is 11.3 Å². The van der Waals surface area contributed by atoms with Crippen LogP contribution in [0.3, 0.4) is 0 Å². The van der Waals surface area contributed by atoms with Gasteiger partial charge in [0.25, 0.3) is 0 Å². The van der Waals surface area contributed by atoms with E-state index in [0.29, 0.717) is 23.0 Å². The maximum atomic E-state index is 12.2. The number of benzene rings is 1. The van der Waals surface area contributed by atoms with E-state index >= 15 is 0 Å². The summed E-state index contributed by atoms with van der Waals surface area (Å²) >= 11 is 1.27. The Bertz CT molecular complexity index is 753. The number of hydrogen-bond donors (Lipinski definition) is 1. The average Bonchev–Trinajstić information content (AvgIpc) is 2.89. The minimum atomic E-state index is -0.163. The number of nitrogens with zero attached hydrogens (tertiary/aromatic N) is 1. The molecule has 126 valence electrons. The van der Waals surface area contributed by atoms with Gasteiger partial charge >= 0.3 is 0 Å². The number of hydrogen-bond acceptors (Lipinski definition) is 5. The molecule has 0 unspecified atom stereocenters. The Balaban J connectivity index is 1.55. The van der Waals surface area contributed by atoms with Gasteiger partial charge in [0.1, 0.15) is 5.75 Å². The number of carbonyl (C=O) groups is 2. The van der Waals surface area contributed by atoms with Crippen molar-refractivity contribution in [2.75, 3.05) is 11.9 Å². The number of para-hydroxylation sites is 1. The molecule has 1 amide bonds. The lowest BCUT2D eigenvalue weighted by molar-refractivity contribution is -0.116. The van der Waals surface area contributed by atoms with Gasteiger partial charge in [-0.1, -0.05) is 43.4 Å². The minimum absolute atomic E-state index is 0.0665. The van der Waals surface area contributed by atoms with Crippen LogP contribution >= 0.6 is 11.3 Å². The third-order valence-electron chi connectivity index (χ3n) is 3.82. The van der Waals surface area contributed by atoms with Crippen molar-refractivity contribution in [2.45, 2.75) is 33.1 Å². The van der Waals surface area contributed by atoms with Crippen molar-refractivity contribution >= 4 is 28.2 Å². The lowest BCUT2D eigenvalue weighted by Crippen LogP contribution is -2.26. The molecule has 0 saturated heterocycles. The smallest absolute Gasteiger partial charge is 0.229 e. The molecule has 24 heavy (non-hydrogen) atoms. The first kappa shape index (κ1) is 16.6. The van der Waals surface area contributed by atoms with Crippen LogP contribution in [0, 0.1) is 5.41 Å². The fourth-order valence-electron chi connectivity index (χ4n) is 2.73. The highest BCUT2D eigenvalue weighted by Crippen LogP contribution is 2.38. The normalized spacial score (nSPS) is 15.7. The van der Waals surface area contributed by atoms with E-state index in [9.17, 15) is 9.59 Å². The van der Waals surface area contributed by atoms with Crippen molar-refractivity contribution in [3.05, 3.63) is 40.9 Å². The van der Waals surface area contributed by atoms with Gasteiger partial charge in [-0.3, -0.25) is 9.59 Å². The fraction of sp³-hybridized carbons (Fsp3) is 0.389. The second-order valence-electron chi connectivity index (χ2n) is 6.70. The molecule has 0 atom stereocenters. The molecule has 1 aromatic heterocycles. The summed E-state index contributed by atoms with van der Waals surface area (Å²) in [6, 6.07) is 9.37. The molecule has 1 N–H and O–H groups in total. The van der Waals surface area contributed by atoms with Gasteiger partial charge in [-0.2, -0.15) is 0 Å². The summed E-state index contributed by atoms with van der Waals surface area (Å²) in [5.41, 5.74) is 0.736. The third-order valence-corrected chi connectivity index (χ3v) is 4.88. The summed E-state index contributed by atoms with van der Waals surface area (Å²) in [6.45, 7) is 4.42. The first-order valence-electron chi connectivity index (χ1n) is 7.93. The average molecular weight is 344 g/mol. The minimum Gasteiger partial charge on any atom is -0.493 e. The second-order valence-corrected chi connectivity index (χ2v) is 7.69. The number of aromatic nitrogens is 1. The van der Waals surface area contributed by atoms with E-state index in [2.05, 4.69) is 24.1 Å². The van der Waals surface area contributed by atoms with E-state index in [-0.39, 0.29) is 23.5 Å². The lowest BCUT2D eigenvalue weighted by atomic mass is 9.78. The van der Waals surface area contributed by atoms with Gasteiger partial charge in [-0.15, -0.1) is 0 Å². The van der Waals surface area contributed by atoms with Gasteiger partial charge in [0.15, 0.2) is 10.9 Å². The molecule has 2 aromatic rings. The summed E-state index contributed by atoms with van der Waals surface area (Å²) < 4.78 is 5.51. The maximum Gasteiger partial charge on any atom is 0.229 e. The van der Waals surface area contributed by atoms with Gasteiger partial charge in [0.2, 0.25) is 5.91 Å². The maximum absolute atomic E-state index is 12.2. The Kier molecular flexibility index (Phi) is 4.66. The predicted molar refractivity (Wildman–Crippen MR) is 93.7 cm³/mol. The molecule has 5 nitrogen and oxygen atoms in total. The molecule has 1 aliphatic carbocycles. The van der Waals surface area contributed by atoms with Crippen LogP contribution in [-0.2, 0) is 11.2 Å². The summed E-state index contributed by atoms with van der Waals surface area (Å²) in [6.07, 6.45) is 1.52. The highest BCUT2D eigenvalue weighted by atomic mass is 32.1.